The second-order valence-corrected chi connectivity index (χ2v) is 3.83. The Morgan fingerprint density at radius 1 is 1.09 bits per heavy atom. The lowest BCUT2D eigenvalue weighted by Crippen LogP contribution is -2.35. The SMILES string of the molecule is OC1C[C@@H]2CCCC[C@@H]2CO1. The summed E-state index contributed by atoms with van der Waals surface area (Å²) in [5, 5.41) is 9.23. The van der Waals surface area contributed by atoms with E-state index in [1.165, 1.54) is 25.7 Å². The lowest BCUT2D eigenvalue weighted by Gasteiger charge is -2.37. The van der Waals surface area contributed by atoms with Crippen molar-refractivity contribution in [3.63, 3.8) is 0 Å². The van der Waals surface area contributed by atoms with E-state index in [1.54, 1.807) is 0 Å². The number of rotatable bonds is 0. The van der Waals surface area contributed by atoms with Gasteiger partial charge >= 0.3 is 0 Å². The molecule has 1 unspecified atom stereocenters. The lowest BCUT2D eigenvalue weighted by molar-refractivity contribution is -0.164. The molecule has 2 nitrogen and oxygen atoms in total. The summed E-state index contributed by atoms with van der Waals surface area (Å²) < 4.78 is 5.20. The van der Waals surface area contributed by atoms with Crippen LogP contribution in [-0.2, 0) is 4.74 Å². The van der Waals surface area contributed by atoms with Gasteiger partial charge in [-0.15, -0.1) is 0 Å². The summed E-state index contributed by atoms with van der Waals surface area (Å²) in [7, 11) is 0. The molecule has 0 amide bonds. The summed E-state index contributed by atoms with van der Waals surface area (Å²) in [5.74, 6) is 1.51. The molecule has 0 radical (unpaired) electrons. The molecule has 1 heterocycles. The van der Waals surface area contributed by atoms with Crippen molar-refractivity contribution in [3.8, 4) is 0 Å². The van der Waals surface area contributed by atoms with E-state index in [2.05, 4.69) is 0 Å². The van der Waals surface area contributed by atoms with Gasteiger partial charge in [-0.1, -0.05) is 12.8 Å². The predicted molar refractivity (Wildman–Crippen MR) is 42.0 cm³/mol. The topological polar surface area (TPSA) is 29.5 Å². The molecule has 1 saturated heterocycles. The first-order valence-corrected chi connectivity index (χ1v) is 4.66. The minimum absolute atomic E-state index is 0.464. The highest BCUT2D eigenvalue weighted by Crippen LogP contribution is 2.36. The maximum atomic E-state index is 9.23. The largest absolute Gasteiger partial charge is 0.368 e. The second kappa shape index (κ2) is 3.11. The highest BCUT2D eigenvalue weighted by Gasteiger charge is 2.31. The third-order valence-corrected chi connectivity index (χ3v) is 3.07. The Hall–Kier alpha value is -0.0800. The molecule has 1 N–H and O–H groups in total. The molecule has 0 bridgehead atoms. The molecule has 3 atom stereocenters. The van der Waals surface area contributed by atoms with Gasteiger partial charge in [0.15, 0.2) is 6.29 Å². The van der Waals surface area contributed by atoms with E-state index in [-0.39, 0.29) is 0 Å². The Morgan fingerprint density at radius 3 is 2.64 bits per heavy atom. The number of ether oxygens (including phenoxy) is 1. The van der Waals surface area contributed by atoms with Gasteiger partial charge in [-0.2, -0.15) is 0 Å². The number of fused-ring (bicyclic) bond motifs is 1. The highest BCUT2D eigenvalue weighted by atomic mass is 16.6. The molecule has 64 valence electrons. The van der Waals surface area contributed by atoms with Gasteiger partial charge in [0.05, 0.1) is 6.61 Å². The van der Waals surface area contributed by atoms with Crippen molar-refractivity contribution in [2.45, 2.75) is 38.4 Å². The van der Waals surface area contributed by atoms with Gasteiger partial charge in [0, 0.05) is 6.42 Å². The van der Waals surface area contributed by atoms with Crippen molar-refractivity contribution in [3.05, 3.63) is 0 Å². The van der Waals surface area contributed by atoms with Gasteiger partial charge in [-0.3, -0.25) is 0 Å². The van der Waals surface area contributed by atoms with Gasteiger partial charge in [-0.05, 0) is 24.7 Å². The van der Waals surface area contributed by atoms with E-state index in [9.17, 15) is 5.11 Å². The van der Waals surface area contributed by atoms with Crippen LogP contribution in [0.1, 0.15) is 32.1 Å². The predicted octanol–water partition coefficient (Wildman–Crippen LogP) is 1.53. The van der Waals surface area contributed by atoms with Gasteiger partial charge in [0.2, 0.25) is 0 Å². The molecule has 1 aliphatic heterocycles. The van der Waals surface area contributed by atoms with Crippen LogP contribution in [0.4, 0.5) is 0 Å². The van der Waals surface area contributed by atoms with Crippen LogP contribution < -0.4 is 0 Å². The van der Waals surface area contributed by atoms with Crippen LogP contribution in [0.5, 0.6) is 0 Å². The number of hydrogen-bond acceptors (Lipinski definition) is 2. The van der Waals surface area contributed by atoms with Crippen molar-refractivity contribution in [1.82, 2.24) is 0 Å². The second-order valence-electron chi connectivity index (χ2n) is 3.83. The Balaban J connectivity index is 1.93. The first-order valence-electron chi connectivity index (χ1n) is 4.66. The zero-order valence-corrected chi connectivity index (χ0v) is 6.83. The Kier molecular flexibility index (Phi) is 2.14. The number of aliphatic hydroxyl groups excluding tert-OH is 1. The number of hydrogen-bond donors (Lipinski definition) is 1. The van der Waals surface area contributed by atoms with Crippen molar-refractivity contribution < 1.29 is 9.84 Å². The Bertz CT molecular complexity index is 136. The third-order valence-electron chi connectivity index (χ3n) is 3.07. The molecular formula is C9H16O2. The monoisotopic (exact) mass is 156 g/mol. The minimum Gasteiger partial charge on any atom is -0.368 e. The van der Waals surface area contributed by atoms with Crippen molar-refractivity contribution in [2.75, 3.05) is 6.61 Å². The van der Waals surface area contributed by atoms with Crippen molar-refractivity contribution in [1.29, 1.82) is 0 Å². The van der Waals surface area contributed by atoms with Gasteiger partial charge < -0.3 is 9.84 Å². The van der Waals surface area contributed by atoms with E-state index in [0.717, 1.165) is 24.9 Å². The van der Waals surface area contributed by atoms with E-state index in [4.69, 9.17) is 4.74 Å². The van der Waals surface area contributed by atoms with Crippen LogP contribution in [0.2, 0.25) is 0 Å². The van der Waals surface area contributed by atoms with E-state index in [1.807, 2.05) is 0 Å². The van der Waals surface area contributed by atoms with E-state index in [0.29, 0.717) is 0 Å². The van der Waals surface area contributed by atoms with Crippen LogP contribution in [0.25, 0.3) is 0 Å². The molecule has 0 spiro atoms. The van der Waals surface area contributed by atoms with E-state index >= 15 is 0 Å². The zero-order valence-electron chi connectivity index (χ0n) is 6.83. The molecule has 1 saturated carbocycles. The first-order chi connectivity index (χ1) is 5.36. The fourth-order valence-corrected chi connectivity index (χ4v) is 2.38. The van der Waals surface area contributed by atoms with Gasteiger partial charge in [-0.25, -0.2) is 0 Å². The molecule has 11 heavy (non-hydrogen) atoms. The van der Waals surface area contributed by atoms with E-state index < -0.39 is 6.29 Å². The average molecular weight is 156 g/mol. The highest BCUT2D eigenvalue weighted by molar-refractivity contribution is 4.78. The van der Waals surface area contributed by atoms with Crippen LogP contribution in [-0.4, -0.2) is 18.0 Å². The zero-order chi connectivity index (χ0) is 7.68. The van der Waals surface area contributed by atoms with Gasteiger partial charge in [0.25, 0.3) is 0 Å². The Morgan fingerprint density at radius 2 is 1.82 bits per heavy atom. The molecular weight excluding hydrogens is 140 g/mol. The molecule has 1 aliphatic carbocycles. The smallest absolute Gasteiger partial charge is 0.154 e. The first kappa shape index (κ1) is 7.56. The molecule has 0 aromatic heterocycles. The molecule has 2 aliphatic rings. The molecule has 2 fully saturated rings. The average Bonchev–Trinajstić information content (AvgIpc) is 2.04. The number of aliphatic hydroxyl groups is 1. The standard InChI is InChI=1S/C9H16O2/c10-9-5-7-3-1-2-4-8(7)6-11-9/h7-10H,1-6H2/t7-,8+,9?/m0/s1. The van der Waals surface area contributed by atoms with Crippen LogP contribution in [0, 0.1) is 11.8 Å². The fraction of sp³-hybridized carbons (Fsp3) is 1.00. The normalized spacial score (nSPS) is 45.0. The van der Waals surface area contributed by atoms with Crippen molar-refractivity contribution >= 4 is 0 Å². The maximum absolute atomic E-state index is 9.23. The fourth-order valence-electron chi connectivity index (χ4n) is 2.38. The maximum Gasteiger partial charge on any atom is 0.154 e. The van der Waals surface area contributed by atoms with Crippen LogP contribution in [0.3, 0.4) is 0 Å². The minimum atomic E-state index is -0.464. The summed E-state index contributed by atoms with van der Waals surface area (Å²) in [6.07, 6.45) is 5.76. The molecule has 2 rings (SSSR count). The van der Waals surface area contributed by atoms with Gasteiger partial charge in [0.1, 0.15) is 0 Å². The lowest BCUT2D eigenvalue weighted by atomic mass is 9.76. The van der Waals surface area contributed by atoms with Crippen molar-refractivity contribution in [2.24, 2.45) is 11.8 Å². The summed E-state index contributed by atoms with van der Waals surface area (Å²) in [5.41, 5.74) is 0. The van der Waals surface area contributed by atoms with Crippen LogP contribution in [0.15, 0.2) is 0 Å². The summed E-state index contributed by atoms with van der Waals surface area (Å²) >= 11 is 0. The summed E-state index contributed by atoms with van der Waals surface area (Å²) in [6.45, 7) is 0.797. The summed E-state index contributed by atoms with van der Waals surface area (Å²) in [6, 6.07) is 0. The molecule has 2 heteroatoms. The molecule has 0 aromatic carbocycles. The third kappa shape index (κ3) is 1.57. The van der Waals surface area contributed by atoms with Crippen LogP contribution >= 0.6 is 0 Å². The summed E-state index contributed by atoms with van der Waals surface area (Å²) in [4.78, 5) is 0. The Labute approximate surface area is 67.6 Å². The quantitative estimate of drug-likeness (QED) is 0.576. The molecule has 0 aromatic rings.